The fraction of sp³-hybridized carbons (Fsp3) is 0. The minimum atomic E-state index is -0.714. The molecule has 1 heterocycles. The van der Waals surface area contributed by atoms with Gasteiger partial charge in [-0.15, -0.1) is 15.0 Å². The molecule has 0 aliphatic rings. The zero-order valence-corrected chi connectivity index (χ0v) is 12.0. The van der Waals surface area contributed by atoms with Crippen LogP contribution in [0.15, 0.2) is 54.6 Å². The first-order chi connectivity index (χ1) is 11.2. The van der Waals surface area contributed by atoms with Gasteiger partial charge in [-0.3, -0.25) is 5.32 Å². The predicted octanol–water partition coefficient (Wildman–Crippen LogP) is 2.30. The Balaban J connectivity index is 2.07. The number of carbonyl (C=O) groups excluding carboxylic acids is 1. The van der Waals surface area contributed by atoms with Crippen molar-refractivity contribution in [3.8, 4) is 23.0 Å². The Morgan fingerprint density at radius 2 is 1.78 bits per heavy atom. The Labute approximate surface area is 132 Å². The summed E-state index contributed by atoms with van der Waals surface area (Å²) < 4.78 is 0. The van der Waals surface area contributed by atoms with Crippen LogP contribution in [0.4, 0.5) is 10.6 Å². The molecular weight excluding hydrogens is 292 g/mol. The number of nitrogens with two attached hydrogens (primary N) is 1. The van der Waals surface area contributed by atoms with Crippen LogP contribution in [0, 0.1) is 11.3 Å². The van der Waals surface area contributed by atoms with Crippen LogP contribution in [-0.4, -0.2) is 21.0 Å². The van der Waals surface area contributed by atoms with Gasteiger partial charge in [-0.2, -0.15) is 5.26 Å². The molecule has 0 saturated heterocycles. The van der Waals surface area contributed by atoms with Crippen LogP contribution in [0.3, 0.4) is 0 Å². The van der Waals surface area contributed by atoms with Gasteiger partial charge in [-0.25, -0.2) is 4.79 Å². The van der Waals surface area contributed by atoms with E-state index in [0.29, 0.717) is 16.9 Å². The Morgan fingerprint density at radius 3 is 2.39 bits per heavy atom. The number of anilines is 1. The quantitative estimate of drug-likeness (QED) is 0.773. The number of rotatable bonds is 3. The van der Waals surface area contributed by atoms with E-state index >= 15 is 0 Å². The molecule has 0 bridgehead atoms. The molecular formula is C16H12N6O. The number of primary amides is 1. The summed E-state index contributed by atoms with van der Waals surface area (Å²) >= 11 is 0. The number of aromatic nitrogens is 3. The van der Waals surface area contributed by atoms with Crippen LogP contribution in [0.1, 0.15) is 5.56 Å². The van der Waals surface area contributed by atoms with Crippen molar-refractivity contribution in [3.63, 3.8) is 0 Å². The summed E-state index contributed by atoms with van der Waals surface area (Å²) in [4.78, 5) is 12.6. The molecule has 0 spiro atoms. The largest absolute Gasteiger partial charge is 0.351 e. The molecule has 0 radical (unpaired) electrons. The number of nitriles is 1. The van der Waals surface area contributed by atoms with E-state index in [0.717, 1.165) is 5.56 Å². The molecule has 0 fully saturated rings. The van der Waals surface area contributed by atoms with Crippen LogP contribution in [0.5, 0.6) is 0 Å². The lowest BCUT2D eigenvalue weighted by molar-refractivity contribution is 0.259. The number of nitrogens with one attached hydrogen (secondary N) is 1. The predicted molar refractivity (Wildman–Crippen MR) is 84.7 cm³/mol. The average Bonchev–Trinajstić information content (AvgIpc) is 2.99. The highest BCUT2D eigenvalue weighted by molar-refractivity contribution is 5.90. The number of carbonyl (C=O) groups is 1. The molecule has 2 amide bonds. The van der Waals surface area contributed by atoms with E-state index in [2.05, 4.69) is 21.6 Å². The standard InChI is InChI=1S/C16H12N6O/c17-10-11-6-8-13(9-7-11)22-20-14(12-4-2-1-3-5-12)15(21-22)19-16(18)23/h1-9H,(H3,18,19,21,23). The molecule has 3 N–H and O–H groups in total. The van der Waals surface area contributed by atoms with E-state index in [1.54, 1.807) is 24.3 Å². The van der Waals surface area contributed by atoms with Crippen molar-refractivity contribution in [2.75, 3.05) is 5.32 Å². The monoisotopic (exact) mass is 304 g/mol. The third-order valence-corrected chi connectivity index (χ3v) is 3.13. The molecule has 0 unspecified atom stereocenters. The molecule has 112 valence electrons. The lowest BCUT2D eigenvalue weighted by atomic mass is 10.1. The number of amides is 2. The lowest BCUT2D eigenvalue weighted by Crippen LogP contribution is -2.20. The Kier molecular flexibility index (Phi) is 3.72. The van der Waals surface area contributed by atoms with Crippen molar-refractivity contribution in [2.45, 2.75) is 0 Å². The lowest BCUT2D eigenvalue weighted by Gasteiger charge is -1.99. The molecule has 0 saturated carbocycles. The molecule has 1 aromatic heterocycles. The summed E-state index contributed by atoms with van der Waals surface area (Å²) in [5, 5.41) is 20.0. The fourth-order valence-electron chi connectivity index (χ4n) is 2.08. The van der Waals surface area contributed by atoms with Gasteiger partial charge >= 0.3 is 6.03 Å². The third-order valence-electron chi connectivity index (χ3n) is 3.13. The number of nitrogens with zero attached hydrogens (tertiary/aromatic N) is 4. The van der Waals surface area contributed by atoms with E-state index < -0.39 is 6.03 Å². The van der Waals surface area contributed by atoms with E-state index in [-0.39, 0.29) is 5.82 Å². The third kappa shape index (κ3) is 3.01. The zero-order chi connectivity index (χ0) is 16.2. The van der Waals surface area contributed by atoms with E-state index in [9.17, 15) is 4.79 Å². The molecule has 23 heavy (non-hydrogen) atoms. The summed E-state index contributed by atoms with van der Waals surface area (Å²) in [6.45, 7) is 0. The molecule has 3 aromatic rings. The van der Waals surface area contributed by atoms with Gasteiger partial charge in [0.2, 0.25) is 0 Å². The molecule has 2 aromatic carbocycles. The number of hydrogen-bond donors (Lipinski definition) is 2. The minimum Gasteiger partial charge on any atom is -0.351 e. The highest BCUT2D eigenvalue weighted by Crippen LogP contribution is 2.25. The van der Waals surface area contributed by atoms with Crippen LogP contribution in [0.2, 0.25) is 0 Å². The van der Waals surface area contributed by atoms with Gasteiger partial charge in [0.15, 0.2) is 5.82 Å². The second kappa shape index (κ2) is 5.99. The van der Waals surface area contributed by atoms with Gasteiger partial charge in [0.1, 0.15) is 5.69 Å². The average molecular weight is 304 g/mol. The maximum Gasteiger partial charge on any atom is 0.317 e. The van der Waals surface area contributed by atoms with Crippen molar-refractivity contribution in [2.24, 2.45) is 5.73 Å². The van der Waals surface area contributed by atoms with Gasteiger partial charge in [0.25, 0.3) is 0 Å². The molecule has 0 aliphatic heterocycles. The van der Waals surface area contributed by atoms with Gasteiger partial charge in [-0.05, 0) is 24.3 Å². The summed E-state index contributed by atoms with van der Waals surface area (Å²) in [6, 6.07) is 17.5. The summed E-state index contributed by atoms with van der Waals surface area (Å²) in [5.41, 5.74) is 7.71. The Hall–Kier alpha value is -3.66. The van der Waals surface area contributed by atoms with Crippen molar-refractivity contribution in [1.29, 1.82) is 5.26 Å². The van der Waals surface area contributed by atoms with Crippen LogP contribution in [0.25, 0.3) is 16.9 Å². The van der Waals surface area contributed by atoms with Gasteiger partial charge < -0.3 is 5.73 Å². The Bertz CT molecular complexity index is 877. The number of hydrogen-bond acceptors (Lipinski definition) is 4. The maximum atomic E-state index is 11.2. The Morgan fingerprint density at radius 1 is 1.09 bits per heavy atom. The van der Waals surface area contributed by atoms with Crippen molar-refractivity contribution >= 4 is 11.8 Å². The van der Waals surface area contributed by atoms with Crippen molar-refractivity contribution < 1.29 is 4.79 Å². The van der Waals surface area contributed by atoms with Gasteiger partial charge in [0, 0.05) is 5.56 Å². The minimum absolute atomic E-state index is 0.271. The highest BCUT2D eigenvalue weighted by atomic mass is 16.2. The number of benzene rings is 2. The van der Waals surface area contributed by atoms with Crippen molar-refractivity contribution in [3.05, 3.63) is 60.2 Å². The van der Waals surface area contributed by atoms with Crippen molar-refractivity contribution in [1.82, 2.24) is 15.0 Å². The van der Waals surface area contributed by atoms with Crippen LogP contribution in [-0.2, 0) is 0 Å². The number of urea groups is 1. The van der Waals surface area contributed by atoms with Gasteiger partial charge in [0.05, 0.1) is 17.3 Å². The van der Waals surface area contributed by atoms with E-state index in [4.69, 9.17) is 11.0 Å². The summed E-state index contributed by atoms with van der Waals surface area (Å²) in [7, 11) is 0. The normalized spacial score (nSPS) is 10.0. The van der Waals surface area contributed by atoms with E-state index in [1.165, 1.54) is 4.80 Å². The molecule has 0 atom stereocenters. The second-order valence-corrected chi connectivity index (χ2v) is 4.70. The highest BCUT2D eigenvalue weighted by Gasteiger charge is 2.15. The molecule has 7 heteroatoms. The molecule has 3 rings (SSSR count). The SMILES string of the molecule is N#Cc1ccc(-n2nc(NC(N)=O)c(-c3ccccc3)n2)cc1. The summed E-state index contributed by atoms with van der Waals surface area (Å²) in [6.07, 6.45) is 0. The smallest absolute Gasteiger partial charge is 0.317 e. The second-order valence-electron chi connectivity index (χ2n) is 4.70. The van der Waals surface area contributed by atoms with Crippen LogP contribution < -0.4 is 11.1 Å². The van der Waals surface area contributed by atoms with E-state index in [1.807, 2.05) is 30.3 Å². The molecule has 0 aliphatic carbocycles. The van der Waals surface area contributed by atoms with Crippen LogP contribution >= 0.6 is 0 Å². The fourth-order valence-corrected chi connectivity index (χ4v) is 2.08. The summed E-state index contributed by atoms with van der Waals surface area (Å²) in [5.74, 6) is 0.271. The maximum absolute atomic E-state index is 11.2. The first-order valence-corrected chi connectivity index (χ1v) is 6.77. The first kappa shape index (κ1) is 14.3. The van der Waals surface area contributed by atoms with Gasteiger partial charge in [-0.1, -0.05) is 30.3 Å². The first-order valence-electron chi connectivity index (χ1n) is 6.77. The zero-order valence-electron chi connectivity index (χ0n) is 12.0. The molecule has 7 nitrogen and oxygen atoms in total. The topological polar surface area (TPSA) is 110 Å².